The number of likely N-dealkylation sites (tertiary alicyclic amines) is 1. The Morgan fingerprint density at radius 1 is 1.20 bits per heavy atom. The number of ketones is 1. The molecule has 1 aliphatic carbocycles. The molecule has 1 aromatic rings. The van der Waals surface area contributed by atoms with E-state index in [1.54, 1.807) is 19.2 Å². The molecule has 1 aromatic carbocycles. The fraction of sp³-hybridized carbons (Fsp3) is 0.650. The predicted molar refractivity (Wildman–Crippen MR) is 102 cm³/mol. The maximum Gasteiger partial charge on any atom is 0.166 e. The summed E-state index contributed by atoms with van der Waals surface area (Å²) < 4.78 is 5.32. The van der Waals surface area contributed by atoms with Crippen molar-refractivity contribution in [3.63, 3.8) is 0 Å². The number of carbonyl (C=O) groups is 1. The molecule has 4 nitrogen and oxygen atoms in total. The third-order valence-corrected chi connectivity index (χ3v) is 6.12. The average molecular weight is 365 g/mol. The van der Waals surface area contributed by atoms with Crippen LogP contribution in [0, 0.1) is 11.8 Å². The number of nitrogen functional groups attached to an aromatic ring is 1. The number of methoxy groups -OCH3 is 1. The van der Waals surface area contributed by atoms with Crippen LogP contribution < -0.4 is 10.5 Å². The van der Waals surface area contributed by atoms with Gasteiger partial charge in [-0.05, 0) is 56.7 Å². The Morgan fingerprint density at radius 2 is 1.88 bits per heavy atom. The predicted octanol–water partition coefficient (Wildman–Crippen LogP) is 4.41. The zero-order chi connectivity index (χ0) is 17.8. The van der Waals surface area contributed by atoms with Gasteiger partial charge in [0, 0.05) is 19.0 Å². The number of benzene rings is 1. The molecule has 2 fully saturated rings. The molecule has 0 amide bonds. The third-order valence-electron chi connectivity index (χ3n) is 5.79. The largest absolute Gasteiger partial charge is 0.496 e. The van der Waals surface area contributed by atoms with Gasteiger partial charge in [0.1, 0.15) is 5.75 Å². The third kappa shape index (κ3) is 4.68. The summed E-state index contributed by atoms with van der Waals surface area (Å²) in [6.45, 7) is 3.49. The van der Waals surface area contributed by atoms with Gasteiger partial charge >= 0.3 is 0 Å². The fourth-order valence-electron chi connectivity index (χ4n) is 4.26. The Balaban J connectivity index is 1.53. The second-order valence-corrected chi connectivity index (χ2v) is 8.00. The lowest BCUT2D eigenvalue weighted by Gasteiger charge is -2.33. The zero-order valence-corrected chi connectivity index (χ0v) is 15.9. The van der Waals surface area contributed by atoms with Crippen molar-refractivity contribution in [1.82, 2.24) is 4.90 Å². The Labute approximate surface area is 155 Å². The van der Waals surface area contributed by atoms with Crippen LogP contribution in [-0.4, -0.2) is 37.4 Å². The van der Waals surface area contributed by atoms with Crippen molar-refractivity contribution in [1.29, 1.82) is 0 Å². The van der Waals surface area contributed by atoms with Crippen molar-refractivity contribution in [3.05, 3.63) is 22.7 Å². The minimum Gasteiger partial charge on any atom is -0.496 e. The number of carbonyl (C=O) groups excluding carboxylic acids is 1. The van der Waals surface area contributed by atoms with Gasteiger partial charge in [-0.15, -0.1) is 0 Å². The summed E-state index contributed by atoms with van der Waals surface area (Å²) >= 11 is 6.09. The molecule has 0 aromatic heterocycles. The molecule has 0 atom stereocenters. The van der Waals surface area contributed by atoms with Crippen molar-refractivity contribution in [2.75, 3.05) is 32.5 Å². The summed E-state index contributed by atoms with van der Waals surface area (Å²) in [7, 11) is 1.56. The number of rotatable bonds is 6. The van der Waals surface area contributed by atoms with Crippen molar-refractivity contribution in [2.45, 2.75) is 44.9 Å². The van der Waals surface area contributed by atoms with E-state index >= 15 is 0 Å². The van der Waals surface area contributed by atoms with Crippen LogP contribution in [0.2, 0.25) is 5.02 Å². The number of nitrogens with zero attached hydrogens (tertiary/aromatic N) is 1. The highest BCUT2D eigenvalue weighted by molar-refractivity contribution is 6.33. The van der Waals surface area contributed by atoms with Crippen LogP contribution in [0.4, 0.5) is 5.69 Å². The molecule has 0 bridgehead atoms. The second-order valence-electron chi connectivity index (χ2n) is 7.60. The lowest BCUT2D eigenvalue weighted by molar-refractivity contribution is 0.0917. The highest BCUT2D eigenvalue weighted by Crippen LogP contribution is 2.32. The van der Waals surface area contributed by atoms with E-state index in [1.807, 2.05) is 0 Å². The molecule has 1 aliphatic heterocycles. The van der Waals surface area contributed by atoms with E-state index in [0.29, 0.717) is 34.4 Å². The number of Topliss-reactive ketones (excluding diaryl/α,β-unsaturated/α-hetero) is 1. The van der Waals surface area contributed by atoms with E-state index in [9.17, 15) is 4.79 Å². The number of hydrogen-bond acceptors (Lipinski definition) is 4. The van der Waals surface area contributed by atoms with Crippen LogP contribution in [-0.2, 0) is 0 Å². The Kier molecular flexibility index (Phi) is 6.24. The maximum atomic E-state index is 12.7. The number of piperidine rings is 1. The first-order chi connectivity index (χ1) is 12.1. The Bertz CT molecular complexity index is 606. The summed E-state index contributed by atoms with van der Waals surface area (Å²) in [5, 5.41) is 0.413. The zero-order valence-electron chi connectivity index (χ0n) is 15.1. The Hall–Kier alpha value is -1.26. The van der Waals surface area contributed by atoms with Gasteiger partial charge in [0.25, 0.3) is 0 Å². The summed E-state index contributed by atoms with van der Waals surface area (Å²) in [6.07, 6.45) is 8.37. The van der Waals surface area contributed by atoms with Crippen LogP contribution >= 0.6 is 11.6 Å². The fourth-order valence-corrected chi connectivity index (χ4v) is 4.42. The average Bonchev–Trinajstić information content (AvgIpc) is 3.11. The summed E-state index contributed by atoms with van der Waals surface area (Å²) in [6, 6.07) is 3.28. The van der Waals surface area contributed by atoms with Gasteiger partial charge < -0.3 is 15.4 Å². The smallest absolute Gasteiger partial charge is 0.166 e. The molecule has 1 saturated carbocycles. The molecule has 138 valence electrons. The lowest BCUT2D eigenvalue weighted by atomic mass is 9.89. The van der Waals surface area contributed by atoms with Crippen LogP contribution in [0.1, 0.15) is 55.3 Å². The molecule has 25 heavy (non-hydrogen) atoms. The van der Waals surface area contributed by atoms with Crippen LogP contribution in [0.5, 0.6) is 5.75 Å². The first-order valence-electron chi connectivity index (χ1n) is 9.45. The molecule has 1 saturated heterocycles. The van der Waals surface area contributed by atoms with E-state index in [-0.39, 0.29) is 5.78 Å². The van der Waals surface area contributed by atoms with Gasteiger partial charge in [-0.25, -0.2) is 0 Å². The molecule has 1 heterocycles. The normalized spacial score (nSPS) is 20.1. The monoisotopic (exact) mass is 364 g/mol. The van der Waals surface area contributed by atoms with Crippen LogP contribution in [0.15, 0.2) is 12.1 Å². The van der Waals surface area contributed by atoms with E-state index in [2.05, 4.69) is 4.90 Å². The minimum absolute atomic E-state index is 0.105. The molecule has 0 unspecified atom stereocenters. The quantitative estimate of drug-likeness (QED) is 0.600. The molecule has 3 rings (SSSR count). The van der Waals surface area contributed by atoms with Gasteiger partial charge in [0.05, 0.1) is 23.4 Å². The molecule has 2 aliphatic rings. The van der Waals surface area contributed by atoms with Crippen molar-refractivity contribution >= 4 is 23.1 Å². The van der Waals surface area contributed by atoms with Crippen LogP contribution in [0.3, 0.4) is 0 Å². The van der Waals surface area contributed by atoms with E-state index < -0.39 is 0 Å². The first kappa shape index (κ1) is 18.5. The van der Waals surface area contributed by atoms with E-state index in [4.69, 9.17) is 22.1 Å². The van der Waals surface area contributed by atoms with Gasteiger partial charge in [0.15, 0.2) is 5.78 Å². The first-order valence-corrected chi connectivity index (χ1v) is 9.83. The highest BCUT2D eigenvalue weighted by Gasteiger charge is 2.26. The van der Waals surface area contributed by atoms with Crippen molar-refractivity contribution in [3.8, 4) is 5.75 Å². The van der Waals surface area contributed by atoms with E-state index in [0.717, 1.165) is 31.8 Å². The highest BCUT2D eigenvalue weighted by atomic mass is 35.5. The van der Waals surface area contributed by atoms with Gasteiger partial charge in [0.2, 0.25) is 0 Å². The molecule has 5 heteroatoms. The van der Waals surface area contributed by atoms with Gasteiger partial charge in [-0.1, -0.05) is 24.4 Å². The number of anilines is 1. The number of hydrogen-bond donors (Lipinski definition) is 1. The van der Waals surface area contributed by atoms with Gasteiger partial charge in [-0.3, -0.25) is 4.79 Å². The van der Waals surface area contributed by atoms with Crippen molar-refractivity contribution in [2.24, 2.45) is 11.8 Å². The number of ether oxygens (including phenoxy) is 1. The van der Waals surface area contributed by atoms with Crippen LogP contribution in [0.25, 0.3) is 0 Å². The minimum atomic E-state index is 0.105. The SMILES string of the molecule is COc1cc(N)c(Cl)cc1C(=O)CC1CCN(CC2CCCC2)CC1. The maximum absolute atomic E-state index is 12.7. The summed E-state index contributed by atoms with van der Waals surface area (Å²) in [5.41, 5.74) is 6.79. The Morgan fingerprint density at radius 3 is 2.52 bits per heavy atom. The lowest BCUT2D eigenvalue weighted by Crippen LogP contribution is -2.37. The molecular formula is C20H29ClN2O2. The molecule has 2 N–H and O–H groups in total. The molecular weight excluding hydrogens is 336 g/mol. The number of nitrogens with two attached hydrogens (primary N) is 1. The van der Waals surface area contributed by atoms with Gasteiger partial charge in [-0.2, -0.15) is 0 Å². The van der Waals surface area contributed by atoms with E-state index in [1.165, 1.54) is 32.2 Å². The summed E-state index contributed by atoms with van der Waals surface area (Å²) in [4.78, 5) is 15.3. The standard InChI is InChI=1S/C20H29ClN2O2/c1-25-20-12-18(22)17(21)11-16(20)19(24)10-14-6-8-23(9-7-14)13-15-4-2-3-5-15/h11-12,14-15H,2-10,13,22H2,1H3. The topological polar surface area (TPSA) is 55.6 Å². The molecule has 0 spiro atoms. The summed E-state index contributed by atoms with van der Waals surface area (Å²) in [5.74, 6) is 1.98. The van der Waals surface area contributed by atoms with Crippen molar-refractivity contribution < 1.29 is 9.53 Å². The number of halogens is 1. The second kappa shape index (κ2) is 8.41. The molecule has 0 radical (unpaired) electrons.